The average molecular weight is 288 g/mol. The number of hydrogen-bond acceptors (Lipinski definition) is 1. The van der Waals surface area contributed by atoms with Crippen molar-refractivity contribution in [1.29, 1.82) is 0 Å². The molecule has 3 saturated carbocycles. The highest BCUT2D eigenvalue weighted by atomic mass is 16.3. The van der Waals surface area contributed by atoms with E-state index in [1.54, 1.807) is 0 Å². The highest BCUT2D eigenvalue weighted by Crippen LogP contribution is 2.65. The van der Waals surface area contributed by atoms with Gasteiger partial charge in [0.2, 0.25) is 0 Å². The molecule has 0 spiro atoms. The molecule has 1 nitrogen and oxygen atoms in total. The SMILES string of the molecule is CC[C@]1(O)CC[C@H]2[C@@H]3CC=C4CCCCC4[C@H]3CC[C@@]21C. The standard InChI is InChI=1S/C20H32O/c1-3-20(21)13-11-18-17-9-8-14-6-4-5-7-15(14)16(17)10-12-19(18,20)2/h8,15-18,21H,3-7,9-13H2,1-2H3/t15?,16-,17-,18+,19+,20+/m1/s1. The van der Waals surface area contributed by atoms with Crippen LogP contribution in [-0.4, -0.2) is 10.7 Å². The molecule has 0 amide bonds. The maximum Gasteiger partial charge on any atom is 0.0701 e. The van der Waals surface area contributed by atoms with E-state index in [1.165, 1.54) is 51.4 Å². The highest BCUT2D eigenvalue weighted by molar-refractivity contribution is 5.20. The first-order valence-corrected chi connectivity index (χ1v) is 9.50. The minimum atomic E-state index is -0.376. The fourth-order valence-electron chi connectivity index (χ4n) is 6.94. The van der Waals surface area contributed by atoms with E-state index in [4.69, 9.17) is 0 Å². The maximum atomic E-state index is 11.2. The van der Waals surface area contributed by atoms with E-state index in [-0.39, 0.29) is 11.0 Å². The van der Waals surface area contributed by atoms with Crippen LogP contribution in [0.25, 0.3) is 0 Å². The second kappa shape index (κ2) is 4.85. The molecule has 4 aliphatic rings. The highest BCUT2D eigenvalue weighted by Gasteiger charge is 2.61. The first kappa shape index (κ1) is 14.3. The normalized spacial score (nSPS) is 52.6. The molecule has 0 aromatic carbocycles. The molecule has 0 aromatic heterocycles. The van der Waals surface area contributed by atoms with E-state index in [1.807, 2.05) is 5.57 Å². The third kappa shape index (κ3) is 1.85. The monoisotopic (exact) mass is 288 g/mol. The summed E-state index contributed by atoms with van der Waals surface area (Å²) in [4.78, 5) is 0. The Morgan fingerprint density at radius 1 is 1.14 bits per heavy atom. The van der Waals surface area contributed by atoms with Crippen molar-refractivity contribution < 1.29 is 5.11 Å². The van der Waals surface area contributed by atoms with Crippen molar-refractivity contribution in [3.8, 4) is 0 Å². The zero-order valence-corrected chi connectivity index (χ0v) is 13.9. The van der Waals surface area contributed by atoms with Gasteiger partial charge in [0.05, 0.1) is 5.60 Å². The summed E-state index contributed by atoms with van der Waals surface area (Å²) in [5, 5.41) is 11.2. The van der Waals surface area contributed by atoms with Crippen molar-refractivity contribution in [2.24, 2.45) is 29.1 Å². The number of aliphatic hydroxyl groups is 1. The van der Waals surface area contributed by atoms with Crippen LogP contribution < -0.4 is 0 Å². The van der Waals surface area contributed by atoms with Crippen LogP contribution in [0.5, 0.6) is 0 Å². The lowest BCUT2D eigenvalue weighted by molar-refractivity contribution is -0.116. The third-order valence-corrected chi connectivity index (χ3v) is 8.27. The summed E-state index contributed by atoms with van der Waals surface area (Å²) in [5.74, 6) is 3.51. The number of rotatable bonds is 1. The summed E-state index contributed by atoms with van der Waals surface area (Å²) in [5.41, 5.74) is 1.64. The molecule has 0 aromatic rings. The topological polar surface area (TPSA) is 20.2 Å². The number of hydrogen-bond donors (Lipinski definition) is 1. The van der Waals surface area contributed by atoms with E-state index in [9.17, 15) is 5.11 Å². The van der Waals surface area contributed by atoms with Gasteiger partial charge in [-0.05, 0) is 86.9 Å². The molecule has 0 saturated heterocycles. The first-order valence-electron chi connectivity index (χ1n) is 9.50. The van der Waals surface area contributed by atoms with Gasteiger partial charge in [-0.1, -0.05) is 31.9 Å². The summed E-state index contributed by atoms with van der Waals surface area (Å²) in [7, 11) is 0. The Balaban J connectivity index is 1.65. The van der Waals surface area contributed by atoms with Crippen molar-refractivity contribution in [1.82, 2.24) is 0 Å². The van der Waals surface area contributed by atoms with Gasteiger partial charge < -0.3 is 5.11 Å². The van der Waals surface area contributed by atoms with Crippen molar-refractivity contribution in [2.75, 3.05) is 0 Å². The molecule has 118 valence electrons. The Hall–Kier alpha value is -0.300. The minimum absolute atomic E-state index is 0.197. The smallest absolute Gasteiger partial charge is 0.0701 e. The average Bonchev–Trinajstić information content (AvgIpc) is 2.79. The van der Waals surface area contributed by atoms with Gasteiger partial charge in [0.15, 0.2) is 0 Å². The molecule has 1 heteroatoms. The van der Waals surface area contributed by atoms with E-state index >= 15 is 0 Å². The van der Waals surface area contributed by atoms with E-state index < -0.39 is 0 Å². The zero-order chi connectivity index (χ0) is 14.7. The van der Waals surface area contributed by atoms with Crippen molar-refractivity contribution in [2.45, 2.75) is 83.7 Å². The molecular formula is C20H32O. The lowest BCUT2D eigenvalue weighted by Gasteiger charge is -2.55. The lowest BCUT2D eigenvalue weighted by atomic mass is 9.51. The van der Waals surface area contributed by atoms with Gasteiger partial charge >= 0.3 is 0 Å². The fraction of sp³-hybridized carbons (Fsp3) is 0.900. The Morgan fingerprint density at radius 3 is 2.81 bits per heavy atom. The third-order valence-electron chi connectivity index (χ3n) is 8.27. The molecule has 0 radical (unpaired) electrons. The molecule has 0 heterocycles. The Kier molecular flexibility index (Phi) is 3.30. The quantitative estimate of drug-likeness (QED) is 0.666. The minimum Gasteiger partial charge on any atom is -0.389 e. The molecular weight excluding hydrogens is 256 g/mol. The molecule has 3 fully saturated rings. The van der Waals surface area contributed by atoms with Gasteiger partial charge in [-0.2, -0.15) is 0 Å². The van der Waals surface area contributed by atoms with E-state index in [0.717, 1.165) is 36.5 Å². The van der Waals surface area contributed by atoms with Crippen LogP contribution in [0.3, 0.4) is 0 Å². The van der Waals surface area contributed by atoms with Crippen LogP contribution in [-0.2, 0) is 0 Å². The number of allylic oxidation sites excluding steroid dienone is 2. The summed E-state index contributed by atoms with van der Waals surface area (Å²) < 4.78 is 0. The van der Waals surface area contributed by atoms with Gasteiger partial charge in [-0.3, -0.25) is 0 Å². The molecule has 21 heavy (non-hydrogen) atoms. The Bertz CT molecular complexity index is 453. The van der Waals surface area contributed by atoms with Gasteiger partial charge in [0.25, 0.3) is 0 Å². The first-order chi connectivity index (χ1) is 10.1. The molecule has 4 rings (SSSR count). The summed E-state index contributed by atoms with van der Waals surface area (Å²) >= 11 is 0. The van der Waals surface area contributed by atoms with Gasteiger partial charge in [-0.15, -0.1) is 0 Å². The van der Waals surface area contributed by atoms with Gasteiger partial charge in [-0.25, -0.2) is 0 Å². The van der Waals surface area contributed by atoms with E-state index in [0.29, 0.717) is 0 Å². The largest absolute Gasteiger partial charge is 0.389 e. The number of fused-ring (bicyclic) bond motifs is 5. The van der Waals surface area contributed by atoms with Crippen LogP contribution in [0.4, 0.5) is 0 Å². The van der Waals surface area contributed by atoms with Crippen molar-refractivity contribution in [3.63, 3.8) is 0 Å². The summed E-state index contributed by atoms with van der Waals surface area (Å²) in [6.07, 6.45) is 15.6. The predicted molar refractivity (Wildman–Crippen MR) is 86.9 cm³/mol. The second-order valence-electron chi connectivity index (χ2n) is 8.68. The Morgan fingerprint density at radius 2 is 2.00 bits per heavy atom. The van der Waals surface area contributed by atoms with Crippen LogP contribution in [0.1, 0.15) is 78.1 Å². The van der Waals surface area contributed by atoms with Crippen LogP contribution in [0.2, 0.25) is 0 Å². The fourth-order valence-corrected chi connectivity index (χ4v) is 6.94. The van der Waals surface area contributed by atoms with Crippen molar-refractivity contribution in [3.05, 3.63) is 11.6 Å². The predicted octanol–water partition coefficient (Wildman–Crippen LogP) is 5.09. The van der Waals surface area contributed by atoms with Crippen LogP contribution >= 0.6 is 0 Å². The molecule has 0 bridgehead atoms. The van der Waals surface area contributed by atoms with E-state index in [2.05, 4.69) is 19.9 Å². The van der Waals surface area contributed by atoms with Gasteiger partial charge in [0.1, 0.15) is 0 Å². The molecule has 6 atom stereocenters. The van der Waals surface area contributed by atoms with Gasteiger partial charge in [0, 0.05) is 0 Å². The molecule has 1 N–H and O–H groups in total. The van der Waals surface area contributed by atoms with Crippen LogP contribution in [0, 0.1) is 29.1 Å². The zero-order valence-electron chi connectivity index (χ0n) is 13.9. The summed E-state index contributed by atoms with van der Waals surface area (Å²) in [6, 6.07) is 0. The lowest BCUT2D eigenvalue weighted by Crippen LogP contribution is -2.52. The maximum absolute atomic E-state index is 11.2. The Labute approximate surface area is 130 Å². The molecule has 1 unspecified atom stereocenters. The second-order valence-corrected chi connectivity index (χ2v) is 8.68. The summed E-state index contributed by atoms with van der Waals surface area (Å²) in [6.45, 7) is 4.62. The van der Waals surface area contributed by atoms with Crippen molar-refractivity contribution >= 4 is 0 Å². The molecule has 0 aliphatic heterocycles. The molecule has 4 aliphatic carbocycles. The van der Waals surface area contributed by atoms with Crippen LogP contribution in [0.15, 0.2) is 11.6 Å².